The number of ether oxygens (including phenoxy) is 1. The molecule has 3 nitrogen and oxygen atoms in total. The third-order valence-corrected chi connectivity index (χ3v) is 5.21. The average molecular weight is 397 g/mol. The van der Waals surface area contributed by atoms with Crippen molar-refractivity contribution in [3.8, 4) is 0 Å². The van der Waals surface area contributed by atoms with Gasteiger partial charge in [-0.05, 0) is 20.3 Å². The quantitative estimate of drug-likeness (QED) is 0.0986. The maximum Gasteiger partial charge on any atom is 0.332 e. The summed E-state index contributed by atoms with van der Waals surface area (Å²) >= 11 is 0. The van der Waals surface area contributed by atoms with E-state index in [4.69, 9.17) is 4.74 Å². The van der Waals surface area contributed by atoms with Crippen LogP contribution in [0.3, 0.4) is 0 Å². The van der Waals surface area contributed by atoms with Crippen molar-refractivity contribution >= 4 is 5.97 Å². The lowest BCUT2D eigenvalue weighted by molar-refractivity contribution is -0.162. The number of aliphatic hydroxyl groups excluding tert-OH is 1. The Kier molecular flexibility index (Phi) is 20.3. The summed E-state index contributed by atoms with van der Waals surface area (Å²) in [5.41, 5.74) is 0.884. The minimum Gasteiger partial charge on any atom is -0.433 e. The molecule has 3 heteroatoms. The Bertz CT molecular complexity index is 372. The highest BCUT2D eigenvalue weighted by atomic mass is 16.6. The molecule has 1 atom stereocenters. The monoisotopic (exact) mass is 396 g/mol. The van der Waals surface area contributed by atoms with Crippen LogP contribution < -0.4 is 0 Å². The molecule has 0 aliphatic heterocycles. The number of hydrogen-bond donors (Lipinski definition) is 1. The molecule has 0 aromatic carbocycles. The van der Waals surface area contributed by atoms with Gasteiger partial charge in [0.2, 0.25) is 6.29 Å². The van der Waals surface area contributed by atoms with Gasteiger partial charge in [-0.25, -0.2) is 4.79 Å². The zero-order chi connectivity index (χ0) is 20.9. The number of rotatable bonds is 20. The van der Waals surface area contributed by atoms with Crippen molar-refractivity contribution < 1.29 is 14.6 Å². The molecule has 0 aromatic heterocycles. The van der Waals surface area contributed by atoms with Crippen LogP contribution in [0.4, 0.5) is 0 Å². The Balaban J connectivity index is 3.21. The Morgan fingerprint density at radius 3 is 1.43 bits per heavy atom. The normalized spacial score (nSPS) is 12.0. The van der Waals surface area contributed by atoms with Crippen LogP contribution in [0.1, 0.15) is 136 Å². The van der Waals surface area contributed by atoms with Gasteiger partial charge in [0.15, 0.2) is 0 Å². The van der Waals surface area contributed by atoms with E-state index in [0.29, 0.717) is 6.42 Å². The molecule has 28 heavy (non-hydrogen) atoms. The predicted molar refractivity (Wildman–Crippen MR) is 120 cm³/mol. The topological polar surface area (TPSA) is 46.5 Å². The van der Waals surface area contributed by atoms with Gasteiger partial charge >= 0.3 is 5.97 Å². The van der Waals surface area contributed by atoms with Crippen molar-refractivity contribution in [1.82, 2.24) is 0 Å². The van der Waals surface area contributed by atoms with Crippen molar-refractivity contribution in [2.75, 3.05) is 0 Å². The highest BCUT2D eigenvalue weighted by molar-refractivity contribution is 5.82. The van der Waals surface area contributed by atoms with Crippen molar-refractivity contribution in [3.63, 3.8) is 0 Å². The van der Waals surface area contributed by atoms with Crippen molar-refractivity contribution in [2.45, 2.75) is 143 Å². The van der Waals surface area contributed by atoms with E-state index in [0.717, 1.165) is 18.4 Å². The Morgan fingerprint density at radius 2 is 1.07 bits per heavy atom. The molecule has 0 amide bonds. The maximum absolute atomic E-state index is 11.4. The van der Waals surface area contributed by atoms with Gasteiger partial charge in [0.1, 0.15) is 0 Å². The SMILES string of the molecule is CCCCCCCCCCCCCCCCCCCC(O)OC(=O)C=C(C)C. The second-order valence-corrected chi connectivity index (χ2v) is 8.56. The van der Waals surface area contributed by atoms with Crippen LogP contribution >= 0.6 is 0 Å². The predicted octanol–water partition coefficient (Wildman–Crippen LogP) is 7.86. The number of carbonyl (C=O) groups is 1. The van der Waals surface area contributed by atoms with Gasteiger partial charge < -0.3 is 9.84 Å². The highest BCUT2D eigenvalue weighted by Gasteiger charge is 2.08. The first-order valence-electron chi connectivity index (χ1n) is 12.1. The van der Waals surface area contributed by atoms with E-state index in [1.807, 2.05) is 13.8 Å². The number of esters is 1. The van der Waals surface area contributed by atoms with Gasteiger partial charge in [-0.15, -0.1) is 0 Å². The molecule has 0 saturated heterocycles. The summed E-state index contributed by atoms with van der Waals surface area (Å²) in [6.45, 7) is 5.95. The fourth-order valence-electron chi connectivity index (χ4n) is 3.51. The molecule has 0 bridgehead atoms. The second kappa shape index (κ2) is 20.9. The van der Waals surface area contributed by atoms with Gasteiger partial charge in [-0.2, -0.15) is 0 Å². The lowest BCUT2D eigenvalue weighted by Crippen LogP contribution is -2.16. The standard InChI is InChI=1S/C25H48O3/c1-4-5-6-7-8-9-10-11-12-13-14-15-16-17-18-19-20-21-24(26)28-25(27)22-23(2)3/h22,24,26H,4-21H2,1-3H3. The molecule has 1 N–H and O–H groups in total. The molecule has 0 rings (SSSR count). The highest BCUT2D eigenvalue weighted by Crippen LogP contribution is 2.14. The molecule has 166 valence electrons. The fraction of sp³-hybridized carbons (Fsp3) is 0.880. The molecule has 0 heterocycles. The largest absolute Gasteiger partial charge is 0.433 e. The first-order chi connectivity index (χ1) is 13.6. The molecule has 0 saturated carbocycles. The third-order valence-electron chi connectivity index (χ3n) is 5.21. The van der Waals surface area contributed by atoms with E-state index in [9.17, 15) is 9.90 Å². The number of unbranched alkanes of at least 4 members (excludes halogenated alkanes) is 16. The van der Waals surface area contributed by atoms with E-state index in [1.165, 1.54) is 102 Å². The molecular formula is C25H48O3. The molecule has 0 radical (unpaired) electrons. The zero-order valence-corrected chi connectivity index (χ0v) is 19.1. The Hall–Kier alpha value is -0.830. The maximum atomic E-state index is 11.4. The summed E-state index contributed by atoms with van der Waals surface area (Å²) in [5.74, 6) is -0.445. The van der Waals surface area contributed by atoms with Crippen LogP contribution in [0.5, 0.6) is 0 Å². The first-order valence-corrected chi connectivity index (χ1v) is 12.1. The Labute approximate surface area is 175 Å². The number of aliphatic hydroxyl groups is 1. The number of hydrogen-bond acceptors (Lipinski definition) is 3. The molecule has 0 spiro atoms. The third kappa shape index (κ3) is 21.5. The van der Waals surface area contributed by atoms with Crippen molar-refractivity contribution in [3.05, 3.63) is 11.6 Å². The van der Waals surface area contributed by atoms with Gasteiger partial charge in [0, 0.05) is 12.5 Å². The minimum absolute atomic E-state index is 0.445. The van der Waals surface area contributed by atoms with Crippen LogP contribution in [0.25, 0.3) is 0 Å². The van der Waals surface area contributed by atoms with Gasteiger partial charge in [-0.1, -0.05) is 115 Å². The van der Waals surface area contributed by atoms with Crippen LogP contribution in [-0.2, 0) is 9.53 Å². The van der Waals surface area contributed by atoms with Gasteiger partial charge in [0.05, 0.1) is 0 Å². The lowest BCUT2D eigenvalue weighted by atomic mass is 10.0. The minimum atomic E-state index is -0.959. The van der Waals surface area contributed by atoms with E-state index in [2.05, 4.69) is 6.92 Å². The summed E-state index contributed by atoms with van der Waals surface area (Å²) in [4.78, 5) is 11.4. The summed E-state index contributed by atoms with van der Waals surface area (Å²) in [5, 5.41) is 9.69. The van der Waals surface area contributed by atoms with Gasteiger partial charge in [-0.3, -0.25) is 0 Å². The van der Waals surface area contributed by atoms with E-state index in [-0.39, 0.29) is 0 Å². The van der Waals surface area contributed by atoms with Crippen molar-refractivity contribution in [2.24, 2.45) is 0 Å². The van der Waals surface area contributed by atoms with Crippen molar-refractivity contribution in [1.29, 1.82) is 0 Å². The molecular weight excluding hydrogens is 348 g/mol. The van der Waals surface area contributed by atoms with E-state index in [1.54, 1.807) is 0 Å². The molecule has 0 aliphatic rings. The smallest absolute Gasteiger partial charge is 0.332 e. The van der Waals surface area contributed by atoms with Crippen LogP contribution in [0.15, 0.2) is 11.6 Å². The average Bonchev–Trinajstić information content (AvgIpc) is 2.63. The van der Waals surface area contributed by atoms with Crippen LogP contribution in [-0.4, -0.2) is 17.4 Å². The summed E-state index contributed by atoms with van der Waals surface area (Å²) in [6.07, 6.45) is 23.8. The van der Waals surface area contributed by atoms with Gasteiger partial charge in [0.25, 0.3) is 0 Å². The fourth-order valence-corrected chi connectivity index (χ4v) is 3.51. The van der Waals surface area contributed by atoms with E-state index < -0.39 is 12.3 Å². The number of carbonyl (C=O) groups excluding carboxylic acids is 1. The Morgan fingerprint density at radius 1 is 0.714 bits per heavy atom. The summed E-state index contributed by atoms with van der Waals surface area (Å²) in [7, 11) is 0. The molecule has 0 aliphatic carbocycles. The summed E-state index contributed by atoms with van der Waals surface area (Å²) < 4.78 is 4.93. The summed E-state index contributed by atoms with van der Waals surface area (Å²) in [6, 6.07) is 0. The number of allylic oxidation sites excluding steroid dienone is 1. The van der Waals surface area contributed by atoms with Crippen LogP contribution in [0, 0.1) is 0 Å². The first kappa shape index (κ1) is 27.2. The lowest BCUT2D eigenvalue weighted by Gasteiger charge is -2.10. The van der Waals surface area contributed by atoms with Crippen LogP contribution in [0.2, 0.25) is 0 Å². The molecule has 0 fully saturated rings. The second-order valence-electron chi connectivity index (χ2n) is 8.56. The molecule has 0 aromatic rings. The molecule has 1 unspecified atom stereocenters. The van der Waals surface area contributed by atoms with E-state index >= 15 is 0 Å². The zero-order valence-electron chi connectivity index (χ0n) is 19.1.